The Kier molecular flexibility index (Phi) is 7.00. The number of nitrogens with one attached hydrogen (secondary N) is 1. The van der Waals surface area contributed by atoms with Crippen LogP contribution in [0.25, 0.3) is 5.82 Å². The van der Waals surface area contributed by atoms with E-state index in [0.29, 0.717) is 18.0 Å². The maximum absolute atomic E-state index is 12.4. The molecule has 8 nitrogen and oxygen atoms in total. The van der Waals surface area contributed by atoms with Crippen molar-refractivity contribution < 1.29 is 9.53 Å². The standard InChI is InChI=1S/C22H27N5O3/c1-4-5-14-30-19-8-6-18(7-9-19)22(29)23-12-13-26-21(28)11-10-20(25-26)27-17(3)15-16(2)24-27/h6-11,15H,4-5,12-14H2,1-3H3,(H,23,29). The second-order valence-corrected chi connectivity index (χ2v) is 7.07. The molecule has 1 aromatic carbocycles. The highest BCUT2D eigenvalue weighted by atomic mass is 16.5. The Hall–Kier alpha value is -3.42. The minimum atomic E-state index is -0.233. The van der Waals surface area contributed by atoms with Gasteiger partial charge in [0.2, 0.25) is 0 Å². The second kappa shape index (κ2) is 9.87. The van der Waals surface area contributed by atoms with Crippen LogP contribution in [0.5, 0.6) is 5.75 Å². The molecule has 8 heteroatoms. The highest BCUT2D eigenvalue weighted by Crippen LogP contribution is 2.12. The van der Waals surface area contributed by atoms with Gasteiger partial charge in [0.1, 0.15) is 5.75 Å². The number of ether oxygens (including phenoxy) is 1. The number of carbonyl (C=O) groups is 1. The van der Waals surface area contributed by atoms with Gasteiger partial charge in [0.15, 0.2) is 5.82 Å². The van der Waals surface area contributed by atoms with E-state index < -0.39 is 0 Å². The normalized spacial score (nSPS) is 10.8. The maximum atomic E-state index is 12.4. The molecule has 0 unspecified atom stereocenters. The molecular weight excluding hydrogens is 382 g/mol. The molecule has 1 amide bonds. The monoisotopic (exact) mass is 409 g/mol. The summed E-state index contributed by atoms with van der Waals surface area (Å²) in [5, 5.41) is 11.6. The van der Waals surface area contributed by atoms with Gasteiger partial charge < -0.3 is 10.1 Å². The molecule has 0 bridgehead atoms. The van der Waals surface area contributed by atoms with Gasteiger partial charge in [0.05, 0.1) is 18.8 Å². The van der Waals surface area contributed by atoms with Gasteiger partial charge in [-0.15, -0.1) is 5.10 Å². The minimum absolute atomic E-state index is 0.210. The predicted molar refractivity (Wildman–Crippen MR) is 114 cm³/mol. The first kappa shape index (κ1) is 21.3. The number of benzene rings is 1. The summed E-state index contributed by atoms with van der Waals surface area (Å²) < 4.78 is 8.62. The van der Waals surface area contributed by atoms with E-state index in [0.717, 1.165) is 30.0 Å². The third-order valence-corrected chi connectivity index (χ3v) is 4.57. The molecule has 0 fully saturated rings. The number of hydrogen-bond acceptors (Lipinski definition) is 5. The Morgan fingerprint density at radius 1 is 1.10 bits per heavy atom. The first-order chi connectivity index (χ1) is 14.5. The van der Waals surface area contributed by atoms with Gasteiger partial charge in [0, 0.05) is 23.9 Å². The van der Waals surface area contributed by atoms with E-state index in [1.54, 1.807) is 35.0 Å². The molecule has 0 spiro atoms. The molecular formula is C22H27N5O3. The topological polar surface area (TPSA) is 91.0 Å². The molecule has 0 radical (unpaired) electrons. The van der Waals surface area contributed by atoms with E-state index in [-0.39, 0.29) is 24.6 Å². The van der Waals surface area contributed by atoms with E-state index in [1.165, 1.54) is 10.7 Å². The number of hydrogen-bond donors (Lipinski definition) is 1. The SMILES string of the molecule is CCCCOc1ccc(C(=O)NCCn2nc(-n3nc(C)cc3C)ccc2=O)cc1. The molecule has 0 aliphatic carbocycles. The lowest BCUT2D eigenvalue weighted by molar-refractivity contribution is 0.0951. The number of aromatic nitrogens is 4. The highest BCUT2D eigenvalue weighted by molar-refractivity contribution is 5.94. The van der Waals surface area contributed by atoms with Crippen molar-refractivity contribution in [3.05, 3.63) is 69.8 Å². The Balaban J connectivity index is 1.58. The summed E-state index contributed by atoms with van der Waals surface area (Å²) in [6.45, 7) is 7.14. The smallest absolute Gasteiger partial charge is 0.266 e. The fraction of sp³-hybridized carbons (Fsp3) is 0.364. The van der Waals surface area contributed by atoms with E-state index in [1.807, 2.05) is 19.9 Å². The average molecular weight is 409 g/mol. The summed E-state index contributed by atoms with van der Waals surface area (Å²) >= 11 is 0. The third-order valence-electron chi connectivity index (χ3n) is 4.57. The summed E-state index contributed by atoms with van der Waals surface area (Å²) in [6, 6.07) is 12.1. The van der Waals surface area contributed by atoms with Crippen LogP contribution in [0.15, 0.2) is 47.3 Å². The van der Waals surface area contributed by atoms with E-state index >= 15 is 0 Å². The molecule has 3 rings (SSSR count). The summed E-state index contributed by atoms with van der Waals surface area (Å²) in [4.78, 5) is 24.5. The zero-order valence-corrected chi connectivity index (χ0v) is 17.6. The molecule has 2 aromatic heterocycles. The molecule has 0 atom stereocenters. The molecule has 0 aliphatic heterocycles. The van der Waals surface area contributed by atoms with Crippen LogP contribution in [-0.4, -0.2) is 38.6 Å². The summed E-state index contributed by atoms with van der Waals surface area (Å²) in [5.41, 5.74) is 2.11. The number of aryl methyl sites for hydroxylation is 2. The minimum Gasteiger partial charge on any atom is -0.494 e. The van der Waals surface area contributed by atoms with Crippen molar-refractivity contribution in [2.24, 2.45) is 0 Å². The lowest BCUT2D eigenvalue weighted by Crippen LogP contribution is -2.32. The number of carbonyl (C=O) groups excluding carboxylic acids is 1. The van der Waals surface area contributed by atoms with Crippen molar-refractivity contribution in [3.63, 3.8) is 0 Å². The predicted octanol–water partition coefficient (Wildman–Crippen LogP) is 2.65. The van der Waals surface area contributed by atoms with Gasteiger partial charge in [-0.25, -0.2) is 9.36 Å². The molecule has 0 saturated carbocycles. The lowest BCUT2D eigenvalue weighted by atomic mass is 10.2. The fourth-order valence-electron chi connectivity index (χ4n) is 2.99. The Morgan fingerprint density at radius 2 is 1.87 bits per heavy atom. The molecule has 30 heavy (non-hydrogen) atoms. The first-order valence-electron chi connectivity index (χ1n) is 10.1. The number of amides is 1. The van der Waals surface area contributed by atoms with Gasteiger partial charge in [-0.1, -0.05) is 13.3 Å². The Labute approximate surface area is 175 Å². The van der Waals surface area contributed by atoms with Gasteiger partial charge >= 0.3 is 0 Å². The van der Waals surface area contributed by atoms with Crippen molar-refractivity contribution >= 4 is 5.91 Å². The maximum Gasteiger partial charge on any atom is 0.266 e. The van der Waals surface area contributed by atoms with Gasteiger partial charge in [0.25, 0.3) is 11.5 Å². The number of rotatable bonds is 9. The largest absolute Gasteiger partial charge is 0.494 e. The molecule has 2 heterocycles. The van der Waals surface area contributed by atoms with Crippen LogP contribution in [-0.2, 0) is 6.54 Å². The third kappa shape index (κ3) is 5.34. The molecule has 3 aromatic rings. The van der Waals surface area contributed by atoms with Crippen LogP contribution in [0.1, 0.15) is 41.5 Å². The number of unbranched alkanes of at least 4 members (excludes halogenated alkanes) is 1. The van der Waals surface area contributed by atoms with Gasteiger partial charge in [-0.2, -0.15) is 5.10 Å². The number of nitrogens with zero attached hydrogens (tertiary/aromatic N) is 4. The van der Waals surface area contributed by atoms with Gasteiger partial charge in [-0.05, 0) is 56.7 Å². The van der Waals surface area contributed by atoms with E-state index in [9.17, 15) is 9.59 Å². The summed E-state index contributed by atoms with van der Waals surface area (Å²) in [5.74, 6) is 1.10. The lowest BCUT2D eigenvalue weighted by Gasteiger charge is -2.10. The highest BCUT2D eigenvalue weighted by Gasteiger charge is 2.09. The zero-order chi connectivity index (χ0) is 21.5. The quantitative estimate of drug-likeness (QED) is 0.549. The second-order valence-electron chi connectivity index (χ2n) is 7.07. The van der Waals surface area contributed by atoms with Crippen LogP contribution < -0.4 is 15.6 Å². The molecule has 0 saturated heterocycles. The van der Waals surface area contributed by atoms with Crippen LogP contribution in [0.4, 0.5) is 0 Å². The Bertz CT molecular complexity index is 1050. The fourth-order valence-corrected chi connectivity index (χ4v) is 2.99. The Morgan fingerprint density at radius 3 is 2.53 bits per heavy atom. The molecule has 1 N–H and O–H groups in total. The average Bonchev–Trinajstić information content (AvgIpc) is 3.08. The zero-order valence-electron chi connectivity index (χ0n) is 17.6. The van der Waals surface area contributed by atoms with Crippen molar-refractivity contribution in [1.29, 1.82) is 0 Å². The van der Waals surface area contributed by atoms with Crippen molar-refractivity contribution in [2.45, 2.75) is 40.2 Å². The van der Waals surface area contributed by atoms with Crippen LogP contribution in [0.2, 0.25) is 0 Å². The van der Waals surface area contributed by atoms with Crippen LogP contribution in [0, 0.1) is 13.8 Å². The van der Waals surface area contributed by atoms with Crippen molar-refractivity contribution in [1.82, 2.24) is 24.9 Å². The van der Waals surface area contributed by atoms with Crippen LogP contribution >= 0.6 is 0 Å². The van der Waals surface area contributed by atoms with Crippen LogP contribution in [0.3, 0.4) is 0 Å². The van der Waals surface area contributed by atoms with Crippen molar-refractivity contribution in [2.75, 3.05) is 13.2 Å². The summed E-state index contributed by atoms with van der Waals surface area (Å²) in [7, 11) is 0. The van der Waals surface area contributed by atoms with Gasteiger partial charge in [-0.3, -0.25) is 9.59 Å². The van der Waals surface area contributed by atoms with E-state index in [2.05, 4.69) is 22.4 Å². The first-order valence-corrected chi connectivity index (χ1v) is 10.1. The van der Waals surface area contributed by atoms with Crippen molar-refractivity contribution in [3.8, 4) is 11.6 Å². The van der Waals surface area contributed by atoms with E-state index in [4.69, 9.17) is 4.74 Å². The molecule has 158 valence electrons. The summed E-state index contributed by atoms with van der Waals surface area (Å²) in [6.07, 6.45) is 2.07. The molecule has 0 aliphatic rings.